The van der Waals surface area contributed by atoms with E-state index in [0.29, 0.717) is 12.5 Å². The first-order valence-corrected chi connectivity index (χ1v) is 6.01. The molecule has 2 N–H and O–H groups in total. The van der Waals surface area contributed by atoms with Crippen LogP contribution in [0.4, 0.5) is 0 Å². The van der Waals surface area contributed by atoms with Gasteiger partial charge in [-0.15, -0.1) is 5.10 Å². The number of ether oxygens (including phenoxy) is 1. The lowest BCUT2D eigenvalue weighted by molar-refractivity contribution is 0.0899. The third-order valence-electron chi connectivity index (χ3n) is 3.13. The molecule has 1 fully saturated rings. The second-order valence-corrected chi connectivity index (χ2v) is 4.29. The van der Waals surface area contributed by atoms with E-state index in [4.69, 9.17) is 4.74 Å². The number of amides is 1. The second kappa shape index (κ2) is 5.27. The maximum Gasteiger partial charge on any atom is 0.290 e. The van der Waals surface area contributed by atoms with Crippen molar-refractivity contribution in [2.75, 3.05) is 13.2 Å². The quantitative estimate of drug-likeness (QED) is 0.801. The van der Waals surface area contributed by atoms with Gasteiger partial charge in [-0.25, -0.2) is 4.98 Å². The van der Waals surface area contributed by atoms with Crippen molar-refractivity contribution >= 4 is 5.91 Å². The summed E-state index contributed by atoms with van der Waals surface area (Å²) in [6, 6.07) is 0. The normalized spacial score (nSPS) is 23.9. The van der Waals surface area contributed by atoms with Gasteiger partial charge >= 0.3 is 0 Å². The van der Waals surface area contributed by atoms with Crippen molar-refractivity contribution in [3.05, 3.63) is 11.6 Å². The first-order chi connectivity index (χ1) is 8.20. The Hall–Kier alpha value is -1.43. The summed E-state index contributed by atoms with van der Waals surface area (Å²) in [7, 11) is 0. The largest absolute Gasteiger partial charge is 0.378 e. The molecule has 6 nitrogen and oxygen atoms in total. The lowest BCUT2D eigenvalue weighted by Crippen LogP contribution is -2.32. The third kappa shape index (κ3) is 2.82. The highest BCUT2D eigenvalue weighted by molar-refractivity contribution is 5.90. The Morgan fingerprint density at radius 1 is 1.65 bits per heavy atom. The Morgan fingerprint density at radius 2 is 2.47 bits per heavy atom. The standard InChI is InChI=1S/C11H18N4O2/c1-3-9-13-10(15-14-9)11(16)12-6-8-4-5-17-7(8)2/h7-8H,3-6H2,1-2H3,(H,12,16)(H,13,14,15). The highest BCUT2D eigenvalue weighted by Crippen LogP contribution is 2.19. The number of nitrogens with zero attached hydrogens (tertiary/aromatic N) is 2. The molecular formula is C11H18N4O2. The monoisotopic (exact) mass is 238 g/mol. The van der Waals surface area contributed by atoms with E-state index in [-0.39, 0.29) is 17.8 Å². The zero-order chi connectivity index (χ0) is 12.3. The van der Waals surface area contributed by atoms with Gasteiger partial charge in [0.05, 0.1) is 6.10 Å². The van der Waals surface area contributed by atoms with Gasteiger partial charge < -0.3 is 10.1 Å². The van der Waals surface area contributed by atoms with Gasteiger partial charge in [0.2, 0.25) is 5.82 Å². The first-order valence-electron chi connectivity index (χ1n) is 6.01. The van der Waals surface area contributed by atoms with Gasteiger partial charge in [0.25, 0.3) is 5.91 Å². The summed E-state index contributed by atoms with van der Waals surface area (Å²) in [6.45, 7) is 5.39. The summed E-state index contributed by atoms with van der Waals surface area (Å²) in [6.07, 6.45) is 1.96. The van der Waals surface area contributed by atoms with Crippen LogP contribution in [-0.2, 0) is 11.2 Å². The van der Waals surface area contributed by atoms with Gasteiger partial charge in [-0.3, -0.25) is 9.89 Å². The molecule has 0 aliphatic carbocycles. The van der Waals surface area contributed by atoms with E-state index >= 15 is 0 Å². The van der Waals surface area contributed by atoms with E-state index in [1.54, 1.807) is 0 Å². The molecule has 1 saturated heterocycles. The average Bonchev–Trinajstić information content (AvgIpc) is 2.94. The summed E-state index contributed by atoms with van der Waals surface area (Å²) in [4.78, 5) is 15.8. The van der Waals surface area contributed by atoms with Crippen LogP contribution >= 0.6 is 0 Å². The molecule has 2 heterocycles. The number of H-pyrrole nitrogens is 1. The van der Waals surface area contributed by atoms with Gasteiger partial charge in [0.15, 0.2) is 0 Å². The Morgan fingerprint density at radius 3 is 3.06 bits per heavy atom. The minimum Gasteiger partial charge on any atom is -0.378 e. The van der Waals surface area contributed by atoms with Gasteiger partial charge in [-0.2, -0.15) is 0 Å². The van der Waals surface area contributed by atoms with Crippen molar-refractivity contribution in [3.63, 3.8) is 0 Å². The highest BCUT2D eigenvalue weighted by atomic mass is 16.5. The summed E-state index contributed by atoms with van der Waals surface area (Å²) in [5.41, 5.74) is 0. The molecule has 1 amide bonds. The zero-order valence-electron chi connectivity index (χ0n) is 10.2. The van der Waals surface area contributed by atoms with Crippen molar-refractivity contribution in [2.45, 2.75) is 32.8 Å². The maximum absolute atomic E-state index is 11.7. The molecule has 0 aromatic carbocycles. The number of aromatic nitrogens is 3. The lowest BCUT2D eigenvalue weighted by atomic mass is 10.0. The van der Waals surface area contributed by atoms with Gasteiger partial charge in [0, 0.05) is 25.5 Å². The summed E-state index contributed by atoms with van der Waals surface area (Å²) >= 11 is 0. The topological polar surface area (TPSA) is 79.9 Å². The molecule has 2 unspecified atom stereocenters. The molecule has 6 heteroatoms. The van der Waals surface area contributed by atoms with Crippen molar-refractivity contribution in [1.29, 1.82) is 0 Å². The van der Waals surface area contributed by atoms with E-state index in [2.05, 4.69) is 20.5 Å². The van der Waals surface area contributed by atoms with Crippen molar-refractivity contribution < 1.29 is 9.53 Å². The molecule has 0 saturated carbocycles. The fraction of sp³-hybridized carbons (Fsp3) is 0.727. The third-order valence-corrected chi connectivity index (χ3v) is 3.13. The number of aromatic amines is 1. The molecule has 1 aromatic rings. The Kier molecular flexibility index (Phi) is 3.73. The van der Waals surface area contributed by atoms with Crippen LogP contribution in [0.1, 0.15) is 36.7 Å². The van der Waals surface area contributed by atoms with Crippen LogP contribution in [-0.4, -0.2) is 40.3 Å². The Labute approximate surface area is 100 Å². The van der Waals surface area contributed by atoms with Crippen LogP contribution < -0.4 is 5.32 Å². The molecule has 1 aromatic heterocycles. The SMILES string of the molecule is CCc1nc(C(=O)NCC2CCOC2C)n[nH]1. The highest BCUT2D eigenvalue weighted by Gasteiger charge is 2.25. The molecule has 0 spiro atoms. The lowest BCUT2D eigenvalue weighted by Gasteiger charge is -2.13. The first kappa shape index (κ1) is 12.0. The van der Waals surface area contributed by atoms with E-state index in [0.717, 1.165) is 25.3 Å². The molecule has 94 valence electrons. The number of hydrogen-bond acceptors (Lipinski definition) is 4. The van der Waals surface area contributed by atoms with Crippen LogP contribution in [0.2, 0.25) is 0 Å². The van der Waals surface area contributed by atoms with E-state index in [1.165, 1.54) is 0 Å². The summed E-state index contributed by atoms with van der Waals surface area (Å²) < 4.78 is 5.44. The number of carbonyl (C=O) groups excluding carboxylic acids is 1. The number of rotatable bonds is 4. The summed E-state index contributed by atoms with van der Waals surface area (Å²) in [5, 5.41) is 9.44. The van der Waals surface area contributed by atoms with Crippen LogP contribution in [0.15, 0.2) is 0 Å². The van der Waals surface area contributed by atoms with Crippen LogP contribution in [0.5, 0.6) is 0 Å². The molecule has 0 bridgehead atoms. The molecular weight excluding hydrogens is 220 g/mol. The Bertz CT molecular complexity index is 391. The number of nitrogens with one attached hydrogen (secondary N) is 2. The van der Waals surface area contributed by atoms with E-state index in [1.807, 2.05) is 13.8 Å². The Balaban J connectivity index is 1.84. The molecule has 2 rings (SSSR count). The number of aryl methyl sites for hydroxylation is 1. The molecule has 0 radical (unpaired) electrons. The second-order valence-electron chi connectivity index (χ2n) is 4.29. The summed E-state index contributed by atoms with van der Waals surface area (Å²) in [5.74, 6) is 1.12. The minimum atomic E-state index is -0.222. The smallest absolute Gasteiger partial charge is 0.290 e. The number of hydrogen-bond donors (Lipinski definition) is 2. The predicted molar refractivity (Wildman–Crippen MR) is 61.6 cm³/mol. The molecule has 1 aliphatic rings. The number of carbonyl (C=O) groups is 1. The van der Waals surface area contributed by atoms with Crippen LogP contribution in [0.25, 0.3) is 0 Å². The fourth-order valence-electron chi connectivity index (χ4n) is 1.90. The van der Waals surface area contributed by atoms with Gasteiger partial charge in [-0.1, -0.05) is 6.92 Å². The minimum absolute atomic E-state index is 0.216. The maximum atomic E-state index is 11.7. The molecule has 1 aliphatic heterocycles. The van der Waals surface area contributed by atoms with Crippen molar-refractivity contribution in [1.82, 2.24) is 20.5 Å². The van der Waals surface area contributed by atoms with Crippen LogP contribution in [0.3, 0.4) is 0 Å². The van der Waals surface area contributed by atoms with Gasteiger partial charge in [0.1, 0.15) is 5.82 Å². The average molecular weight is 238 g/mol. The van der Waals surface area contributed by atoms with E-state index in [9.17, 15) is 4.79 Å². The van der Waals surface area contributed by atoms with E-state index < -0.39 is 0 Å². The predicted octanol–water partition coefficient (Wildman–Crippen LogP) is 0.522. The fourth-order valence-corrected chi connectivity index (χ4v) is 1.90. The molecule has 17 heavy (non-hydrogen) atoms. The zero-order valence-corrected chi connectivity index (χ0v) is 10.2. The molecule has 2 atom stereocenters. The van der Waals surface area contributed by atoms with Gasteiger partial charge in [-0.05, 0) is 13.3 Å². The van der Waals surface area contributed by atoms with Crippen LogP contribution in [0, 0.1) is 5.92 Å². The van der Waals surface area contributed by atoms with Crippen molar-refractivity contribution in [3.8, 4) is 0 Å². The van der Waals surface area contributed by atoms with Crippen molar-refractivity contribution in [2.24, 2.45) is 5.92 Å².